The lowest BCUT2D eigenvalue weighted by Gasteiger charge is -2.25. The second-order valence-electron chi connectivity index (χ2n) is 9.39. The van der Waals surface area contributed by atoms with E-state index >= 15 is 0 Å². The topological polar surface area (TPSA) is 108 Å². The Bertz CT molecular complexity index is 1690. The van der Waals surface area contributed by atoms with E-state index in [2.05, 4.69) is 15.8 Å². The van der Waals surface area contributed by atoms with E-state index in [4.69, 9.17) is 11.6 Å². The maximum atomic E-state index is 13.6. The molecule has 0 saturated carbocycles. The number of amides is 2. The summed E-state index contributed by atoms with van der Waals surface area (Å²) in [5.41, 5.74) is 6.66. The fraction of sp³-hybridized carbons (Fsp3) is 0.129. The highest BCUT2D eigenvalue weighted by Crippen LogP contribution is 2.29. The largest absolute Gasteiger partial charge is 0.322 e. The molecule has 0 saturated heterocycles. The SMILES string of the molecule is C/C(=N/NC(=O)CN(c1ccc(Cl)cc1C)S(=O)(=O)c1ccc(C)cc1)c1ccc(NC(=O)c2ccccc2)cc1. The molecular weight excluding hydrogens is 560 g/mol. The Hall–Kier alpha value is -4.47. The van der Waals surface area contributed by atoms with Gasteiger partial charge in [-0.3, -0.25) is 13.9 Å². The minimum absolute atomic E-state index is 0.0596. The van der Waals surface area contributed by atoms with Crippen molar-refractivity contribution in [2.45, 2.75) is 25.7 Å². The first-order chi connectivity index (χ1) is 19.5. The van der Waals surface area contributed by atoms with Crippen LogP contribution < -0.4 is 15.0 Å². The molecule has 2 N–H and O–H groups in total. The van der Waals surface area contributed by atoms with Gasteiger partial charge < -0.3 is 5.32 Å². The van der Waals surface area contributed by atoms with Crippen molar-refractivity contribution in [2.75, 3.05) is 16.2 Å². The number of carbonyl (C=O) groups excluding carboxylic acids is 2. The number of anilines is 2. The van der Waals surface area contributed by atoms with E-state index in [9.17, 15) is 18.0 Å². The minimum Gasteiger partial charge on any atom is -0.322 e. The third kappa shape index (κ3) is 7.39. The summed E-state index contributed by atoms with van der Waals surface area (Å²) in [7, 11) is -4.08. The first-order valence-electron chi connectivity index (χ1n) is 12.7. The molecule has 0 aliphatic carbocycles. The number of hydrogen-bond donors (Lipinski definition) is 2. The summed E-state index contributed by atoms with van der Waals surface area (Å²) in [6.07, 6.45) is 0. The average molecular weight is 589 g/mol. The van der Waals surface area contributed by atoms with Crippen molar-refractivity contribution in [2.24, 2.45) is 5.10 Å². The fourth-order valence-corrected chi connectivity index (χ4v) is 5.71. The van der Waals surface area contributed by atoms with Crippen molar-refractivity contribution in [1.82, 2.24) is 5.43 Å². The van der Waals surface area contributed by atoms with Gasteiger partial charge in [-0.15, -0.1) is 0 Å². The number of nitrogens with one attached hydrogen (secondary N) is 2. The van der Waals surface area contributed by atoms with Gasteiger partial charge in [-0.2, -0.15) is 5.10 Å². The summed E-state index contributed by atoms with van der Waals surface area (Å²) in [5.74, 6) is -0.849. The number of carbonyl (C=O) groups is 2. The van der Waals surface area contributed by atoms with Crippen LogP contribution in [0.3, 0.4) is 0 Å². The minimum atomic E-state index is -4.08. The number of sulfonamides is 1. The van der Waals surface area contributed by atoms with Gasteiger partial charge in [-0.25, -0.2) is 13.8 Å². The molecule has 0 aliphatic rings. The lowest BCUT2D eigenvalue weighted by Crippen LogP contribution is -2.40. The van der Waals surface area contributed by atoms with E-state index in [0.717, 1.165) is 9.87 Å². The summed E-state index contributed by atoms with van der Waals surface area (Å²) in [5, 5.41) is 7.45. The van der Waals surface area contributed by atoms with Gasteiger partial charge in [0.15, 0.2) is 0 Å². The van der Waals surface area contributed by atoms with Crippen LogP contribution in [0.4, 0.5) is 11.4 Å². The Morgan fingerprint density at radius 1 is 0.854 bits per heavy atom. The quantitative estimate of drug-likeness (QED) is 0.186. The molecule has 0 heterocycles. The first kappa shape index (κ1) is 29.5. The van der Waals surface area contributed by atoms with Crippen LogP contribution in [0, 0.1) is 13.8 Å². The molecule has 41 heavy (non-hydrogen) atoms. The van der Waals surface area contributed by atoms with E-state index in [1.54, 1.807) is 92.7 Å². The zero-order valence-electron chi connectivity index (χ0n) is 22.8. The van der Waals surface area contributed by atoms with E-state index < -0.39 is 22.5 Å². The highest BCUT2D eigenvalue weighted by molar-refractivity contribution is 7.92. The van der Waals surface area contributed by atoms with Gasteiger partial charge in [-0.1, -0.05) is 59.6 Å². The van der Waals surface area contributed by atoms with Crippen molar-refractivity contribution in [1.29, 1.82) is 0 Å². The van der Waals surface area contributed by atoms with Crippen molar-refractivity contribution >= 4 is 50.5 Å². The second-order valence-corrected chi connectivity index (χ2v) is 11.7. The highest BCUT2D eigenvalue weighted by atomic mass is 35.5. The van der Waals surface area contributed by atoms with Gasteiger partial charge in [0, 0.05) is 16.3 Å². The van der Waals surface area contributed by atoms with Gasteiger partial charge in [0.2, 0.25) is 0 Å². The van der Waals surface area contributed by atoms with Gasteiger partial charge in [0.25, 0.3) is 21.8 Å². The van der Waals surface area contributed by atoms with Crippen molar-refractivity contribution in [3.8, 4) is 0 Å². The smallest absolute Gasteiger partial charge is 0.264 e. The van der Waals surface area contributed by atoms with Crippen LogP contribution in [0.1, 0.15) is 34.0 Å². The number of hydrazone groups is 1. The Morgan fingerprint density at radius 2 is 1.51 bits per heavy atom. The summed E-state index contributed by atoms with van der Waals surface area (Å²) in [6.45, 7) is 4.80. The molecule has 0 bridgehead atoms. The van der Waals surface area contributed by atoms with E-state index in [1.165, 1.54) is 12.1 Å². The number of hydrogen-bond acceptors (Lipinski definition) is 5. The molecular formula is C31H29ClN4O4S. The van der Waals surface area contributed by atoms with Crippen molar-refractivity contribution < 1.29 is 18.0 Å². The van der Waals surface area contributed by atoms with Crippen LogP contribution >= 0.6 is 11.6 Å². The predicted molar refractivity (Wildman–Crippen MR) is 163 cm³/mol. The Morgan fingerprint density at radius 3 is 2.15 bits per heavy atom. The lowest BCUT2D eigenvalue weighted by molar-refractivity contribution is -0.119. The zero-order valence-corrected chi connectivity index (χ0v) is 24.3. The number of benzene rings is 4. The van der Waals surface area contributed by atoms with E-state index in [-0.39, 0.29) is 10.8 Å². The number of halogens is 1. The van der Waals surface area contributed by atoms with Gasteiger partial charge in [0.05, 0.1) is 16.3 Å². The second kappa shape index (κ2) is 12.8. The molecule has 10 heteroatoms. The van der Waals surface area contributed by atoms with Crippen LogP contribution in [0.2, 0.25) is 5.02 Å². The molecule has 0 aliphatic heterocycles. The zero-order chi connectivity index (χ0) is 29.6. The third-order valence-corrected chi connectivity index (χ3v) is 8.28. The maximum Gasteiger partial charge on any atom is 0.264 e. The standard InChI is InChI=1S/C31H29ClN4O4S/c1-21-9-16-28(17-10-21)41(39,40)36(29-18-13-26(32)19-22(29)2)20-30(37)35-34-23(3)24-11-14-27(15-12-24)33-31(38)25-7-5-4-6-8-25/h4-19H,20H2,1-3H3,(H,33,38)(H,35,37)/b34-23-. The summed E-state index contributed by atoms with van der Waals surface area (Å²) in [6, 6.07) is 27.1. The van der Waals surface area contributed by atoms with E-state index in [1.807, 2.05) is 13.0 Å². The maximum absolute atomic E-state index is 13.6. The van der Waals surface area contributed by atoms with Gasteiger partial charge in [-0.05, 0) is 86.5 Å². The van der Waals surface area contributed by atoms with Crippen LogP contribution in [0.5, 0.6) is 0 Å². The molecule has 4 aromatic carbocycles. The predicted octanol–water partition coefficient (Wildman–Crippen LogP) is 5.94. The molecule has 8 nitrogen and oxygen atoms in total. The molecule has 4 rings (SSSR count). The fourth-order valence-electron chi connectivity index (χ4n) is 4.00. The lowest BCUT2D eigenvalue weighted by atomic mass is 10.1. The Kier molecular flexibility index (Phi) is 9.21. The third-order valence-electron chi connectivity index (χ3n) is 6.27. The summed E-state index contributed by atoms with van der Waals surface area (Å²) >= 11 is 6.10. The molecule has 4 aromatic rings. The summed E-state index contributed by atoms with van der Waals surface area (Å²) in [4.78, 5) is 25.4. The van der Waals surface area contributed by atoms with Crippen molar-refractivity contribution in [3.63, 3.8) is 0 Å². The molecule has 0 aromatic heterocycles. The number of nitrogens with zero attached hydrogens (tertiary/aromatic N) is 2. The van der Waals surface area contributed by atoms with Crippen LogP contribution in [-0.2, 0) is 14.8 Å². The van der Waals surface area contributed by atoms with Crippen LogP contribution in [-0.4, -0.2) is 32.5 Å². The monoisotopic (exact) mass is 588 g/mol. The molecule has 0 unspecified atom stereocenters. The molecule has 2 amide bonds. The number of rotatable bonds is 9. The molecule has 0 radical (unpaired) electrons. The first-order valence-corrected chi connectivity index (χ1v) is 14.5. The molecule has 210 valence electrons. The Balaban J connectivity index is 1.49. The van der Waals surface area contributed by atoms with Gasteiger partial charge in [0.1, 0.15) is 6.54 Å². The van der Waals surface area contributed by atoms with Crippen molar-refractivity contribution in [3.05, 3.63) is 124 Å². The van der Waals surface area contributed by atoms with Crippen LogP contribution in [0.25, 0.3) is 0 Å². The average Bonchev–Trinajstić information content (AvgIpc) is 2.96. The molecule has 0 atom stereocenters. The molecule has 0 fully saturated rings. The normalized spacial score (nSPS) is 11.6. The van der Waals surface area contributed by atoms with Crippen LogP contribution in [0.15, 0.2) is 107 Å². The number of aryl methyl sites for hydroxylation is 2. The summed E-state index contributed by atoms with van der Waals surface area (Å²) < 4.78 is 28.3. The Labute approximate surface area is 244 Å². The highest BCUT2D eigenvalue weighted by Gasteiger charge is 2.28. The van der Waals surface area contributed by atoms with Gasteiger partial charge >= 0.3 is 0 Å². The van der Waals surface area contributed by atoms with E-state index in [0.29, 0.717) is 38.8 Å². The molecule has 0 spiro atoms.